The minimum Gasteiger partial charge on any atom is -0.495 e. The van der Waals surface area contributed by atoms with Crippen molar-refractivity contribution in [2.24, 2.45) is 0 Å². The van der Waals surface area contributed by atoms with Crippen molar-refractivity contribution in [1.29, 1.82) is 0 Å². The van der Waals surface area contributed by atoms with E-state index in [-0.39, 0.29) is 21.7 Å². The Balaban J connectivity index is 1.72. The van der Waals surface area contributed by atoms with Gasteiger partial charge in [0.05, 0.1) is 18.7 Å². The molecule has 3 amide bonds. The number of hydrogen-bond acceptors (Lipinski definition) is 4. The van der Waals surface area contributed by atoms with Crippen molar-refractivity contribution in [2.75, 3.05) is 13.7 Å². The van der Waals surface area contributed by atoms with Gasteiger partial charge in [-0.3, -0.25) is 14.5 Å². The Morgan fingerprint density at radius 2 is 1.52 bits per heavy atom. The minimum absolute atomic E-state index is 0.183. The summed E-state index contributed by atoms with van der Waals surface area (Å²) >= 11 is 6.08. The van der Waals surface area contributed by atoms with Crippen LogP contribution >= 0.6 is 11.6 Å². The first-order valence-electron chi connectivity index (χ1n) is 9.79. The molecule has 1 heterocycles. The van der Waals surface area contributed by atoms with Crippen LogP contribution in [0.3, 0.4) is 0 Å². The second kappa shape index (κ2) is 8.63. The number of carbonyl (C=O) groups is 3. The van der Waals surface area contributed by atoms with Crippen molar-refractivity contribution in [1.82, 2.24) is 10.2 Å². The van der Waals surface area contributed by atoms with Crippen LogP contribution in [-0.2, 0) is 10.3 Å². The van der Waals surface area contributed by atoms with Crippen molar-refractivity contribution in [2.45, 2.75) is 5.54 Å². The third-order valence-electron chi connectivity index (χ3n) is 5.44. The number of urea groups is 1. The molecule has 1 fully saturated rings. The number of hydrogen-bond donors (Lipinski definition) is 1. The summed E-state index contributed by atoms with van der Waals surface area (Å²) in [6.07, 6.45) is 0. The van der Waals surface area contributed by atoms with Gasteiger partial charge < -0.3 is 10.1 Å². The molecule has 0 spiro atoms. The van der Waals surface area contributed by atoms with Crippen molar-refractivity contribution >= 4 is 29.3 Å². The summed E-state index contributed by atoms with van der Waals surface area (Å²) in [5, 5.41) is 2.82. The van der Waals surface area contributed by atoms with Gasteiger partial charge in [-0.25, -0.2) is 13.6 Å². The van der Waals surface area contributed by atoms with Crippen LogP contribution in [0.2, 0.25) is 5.02 Å². The SMILES string of the molecule is COc1ccc(C(=O)CN2C(=O)NC(c3ccc(F)cc3)(c3ccc(F)cc3)C2=O)cc1Cl. The number of rotatable bonds is 6. The molecular formula is C24H17ClF2N2O4. The molecule has 0 aromatic heterocycles. The molecule has 0 unspecified atom stereocenters. The smallest absolute Gasteiger partial charge is 0.325 e. The van der Waals surface area contributed by atoms with Crippen LogP contribution in [0.15, 0.2) is 66.7 Å². The van der Waals surface area contributed by atoms with Crippen LogP contribution in [0.4, 0.5) is 13.6 Å². The van der Waals surface area contributed by atoms with E-state index >= 15 is 0 Å². The predicted molar refractivity (Wildman–Crippen MR) is 116 cm³/mol. The van der Waals surface area contributed by atoms with Gasteiger partial charge in [0.25, 0.3) is 5.91 Å². The third kappa shape index (κ3) is 3.93. The number of ether oxygens (including phenoxy) is 1. The molecule has 1 saturated heterocycles. The quantitative estimate of drug-likeness (QED) is 0.430. The Labute approximate surface area is 192 Å². The van der Waals surface area contributed by atoms with Crippen molar-refractivity contribution in [3.05, 3.63) is 100 Å². The molecule has 1 aliphatic rings. The molecule has 1 N–H and O–H groups in total. The van der Waals surface area contributed by atoms with Gasteiger partial charge in [0.15, 0.2) is 11.3 Å². The topological polar surface area (TPSA) is 75.7 Å². The number of amides is 3. The third-order valence-corrected chi connectivity index (χ3v) is 5.73. The molecule has 0 saturated carbocycles. The molecule has 1 aliphatic heterocycles. The number of nitrogens with one attached hydrogen (secondary N) is 1. The van der Waals surface area contributed by atoms with Crippen LogP contribution in [-0.4, -0.2) is 36.3 Å². The largest absolute Gasteiger partial charge is 0.495 e. The fourth-order valence-electron chi connectivity index (χ4n) is 3.75. The van der Waals surface area contributed by atoms with Crippen LogP contribution in [0.5, 0.6) is 5.75 Å². The van der Waals surface area contributed by atoms with Gasteiger partial charge in [0.1, 0.15) is 17.4 Å². The Bertz CT molecular complexity index is 1200. The molecular weight excluding hydrogens is 454 g/mol. The first kappa shape index (κ1) is 22.4. The summed E-state index contributed by atoms with van der Waals surface area (Å²) in [4.78, 5) is 40.1. The number of Topliss-reactive ketones (excluding diaryl/α,β-unsaturated/α-hetero) is 1. The summed E-state index contributed by atoms with van der Waals surface area (Å²) in [6, 6.07) is 13.5. The zero-order chi connectivity index (χ0) is 23.8. The lowest BCUT2D eigenvalue weighted by Crippen LogP contribution is -2.45. The zero-order valence-corrected chi connectivity index (χ0v) is 18.0. The molecule has 6 nitrogen and oxygen atoms in total. The van der Waals surface area contributed by atoms with E-state index in [1.54, 1.807) is 0 Å². The van der Waals surface area contributed by atoms with E-state index < -0.39 is 41.4 Å². The van der Waals surface area contributed by atoms with Crippen LogP contribution in [0, 0.1) is 11.6 Å². The second-order valence-electron chi connectivity index (χ2n) is 7.36. The van der Waals surface area contributed by atoms with Crippen molar-refractivity contribution < 1.29 is 27.9 Å². The molecule has 0 aliphatic carbocycles. The van der Waals surface area contributed by atoms with E-state index in [9.17, 15) is 23.2 Å². The Morgan fingerprint density at radius 1 is 0.970 bits per heavy atom. The summed E-state index contributed by atoms with van der Waals surface area (Å²) in [7, 11) is 1.43. The van der Waals surface area contributed by atoms with E-state index in [0.717, 1.165) is 29.2 Å². The van der Waals surface area contributed by atoms with Gasteiger partial charge in [-0.2, -0.15) is 0 Å². The van der Waals surface area contributed by atoms with Crippen LogP contribution in [0.25, 0.3) is 0 Å². The molecule has 0 atom stereocenters. The van der Waals surface area contributed by atoms with E-state index in [4.69, 9.17) is 16.3 Å². The lowest BCUT2D eigenvalue weighted by molar-refractivity contribution is -0.129. The lowest BCUT2D eigenvalue weighted by atomic mass is 9.82. The highest BCUT2D eigenvalue weighted by molar-refractivity contribution is 6.32. The number of carbonyl (C=O) groups excluding carboxylic acids is 3. The highest BCUT2D eigenvalue weighted by atomic mass is 35.5. The minimum atomic E-state index is -1.75. The maximum absolute atomic E-state index is 13.6. The molecule has 168 valence electrons. The average molecular weight is 471 g/mol. The van der Waals surface area contributed by atoms with Crippen LogP contribution in [0.1, 0.15) is 21.5 Å². The number of halogens is 3. The summed E-state index contributed by atoms with van der Waals surface area (Å²) in [6.45, 7) is -0.558. The fourth-order valence-corrected chi connectivity index (χ4v) is 4.01. The van der Waals surface area contributed by atoms with E-state index in [1.807, 2.05) is 0 Å². The second-order valence-corrected chi connectivity index (χ2v) is 7.76. The van der Waals surface area contributed by atoms with Gasteiger partial charge in [0, 0.05) is 5.56 Å². The fraction of sp³-hybridized carbons (Fsp3) is 0.125. The maximum atomic E-state index is 13.6. The van der Waals surface area contributed by atoms with Gasteiger partial charge in [0.2, 0.25) is 0 Å². The number of nitrogens with zero attached hydrogens (tertiary/aromatic N) is 1. The van der Waals surface area contributed by atoms with Gasteiger partial charge in [-0.1, -0.05) is 35.9 Å². The molecule has 3 aromatic carbocycles. The Morgan fingerprint density at radius 3 is 2.00 bits per heavy atom. The highest BCUT2D eigenvalue weighted by Crippen LogP contribution is 2.36. The Kier molecular flexibility index (Phi) is 5.86. The maximum Gasteiger partial charge on any atom is 0.325 e. The van der Waals surface area contributed by atoms with Gasteiger partial charge >= 0.3 is 6.03 Å². The normalized spacial score (nSPS) is 14.8. The first-order chi connectivity index (χ1) is 15.8. The zero-order valence-electron chi connectivity index (χ0n) is 17.3. The number of methoxy groups -OCH3 is 1. The monoisotopic (exact) mass is 470 g/mol. The number of benzene rings is 3. The standard InChI is InChI=1S/C24H17ClF2N2O4/c1-33-21-11-2-14(12-19(21)25)20(30)13-29-22(31)24(28-23(29)32,15-3-7-17(26)8-4-15)16-5-9-18(27)10-6-16/h2-12H,13H2,1H3,(H,28,32). The van der Waals surface area contributed by atoms with E-state index in [2.05, 4.69) is 5.32 Å². The summed E-state index contributed by atoms with van der Waals surface area (Å²) in [5.74, 6) is -1.98. The van der Waals surface area contributed by atoms with E-state index in [1.165, 1.54) is 49.6 Å². The predicted octanol–water partition coefficient (Wildman–Crippen LogP) is 4.31. The molecule has 3 aromatic rings. The average Bonchev–Trinajstić information content (AvgIpc) is 3.05. The highest BCUT2D eigenvalue weighted by Gasteiger charge is 2.54. The van der Waals surface area contributed by atoms with Gasteiger partial charge in [-0.15, -0.1) is 0 Å². The van der Waals surface area contributed by atoms with Crippen LogP contribution < -0.4 is 10.1 Å². The van der Waals surface area contributed by atoms with E-state index in [0.29, 0.717) is 5.75 Å². The summed E-state index contributed by atoms with van der Waals surface area (Å²) < 4.78 is 32.2. The van der Waals surface area contributed by atoms with Gasteiger partial charge in [-0.05, 0) is 53.6 Å². The summed E-state index contributed by atoms with van der Waals surface area (Å²) in [5.41, 5.74) is -1.05. The Hall–Kier alpha value is -3.78. The number of ketones is 1. The molecule has 0 radical (unpaired) electrons. The molecule has 0 bridgehead atoms. The first-order valence-corrected chi connectivity index (χ1v) is 10.2. The molecule has 4 rings (SSSR count). The number of imide groups is 1. The lowest BCUT2D eigenvalue weighted by Gasteiger charge is -2.28. The van der Waals surface area contributed by atoms with Crippen molar-refractivity contribution in [3.63, 3.8) is 0 Å². The molecule has 9 heteroatoms. The molecule has 33 heavy (non-hydrogen) atoms. The van der Waals surface area contributed by atoms with Crippen molar-refractivity contribution in [3.8, 4) is 5.75 Å².